The van der Waals surface area contributed by atoms with Crippen molar-refractivity contribution in [2.45, 2.75) is 50.8 Å². The number of oxime groups is 1. The molecule has 0 aromatic heterocycles. The number of nitrogens with zero attached hydrogens (tertiary/aromatic N) is 1. The number of benzene rings is 4. The largest absolute Gasteiger partial charge is 0.411 e. The van der Waals surface area contributed by atoms with E-state index < -0.39 is 24.4 Å². The van der Waals surface area contributed by atoms with Gasteiger partial charge in [0.05, 0.1) is 39.2 Å². The number of ether oxygens (including phenoxy) is 5. The van der Waals surface area contributed by atoms with Gasteiger partial charge in [-0.3, -0.25) is 0 Å². The van der Waals surface area contributed by atoms with Gasteiger partial charge in [0.15, 0.2) is 0 Å². The van der Waals surface area contributed by atoms with Crippen molar-refractivity contribution < 1.29 is 28.9 Å². The molecule has 4 rings (SSSR count). The molecule has 0 heterocycles. The van der Waals surface area contributed by atoms with Crippen molar-refractivity contribution in [3.05, 3.63) is 144 Å². The monoisotopic (exact) mass is 593 g/mol. The minimum atomic E-state index is -0.816. The van der Waals surface area contributed by atoms with Gasteiger partial charge < -0.3 is 28.9 Å². The molecule has 7 heteroatoms. The summed E-state index contributed by atoms with van der Waals surface area (Å²) in [6.07, 6.45) is 3.99. The van der Waals surface area contributed by atoms with Crippen molar-refractivity contribution >= 4 is 6.21 Å². The average Bonchev–Trinajstić information content (AvgIpc) is 3.08. The summed E-state index contributed by atoms with van der Waals surface area (Å²) in [6.45, 7) is 1.39. The minimum absolute atomic E-state index is 0.00141. The fraction of sp³-hybridized carbons (Fsp3) is 0.270. The molecule has 0 aliphatic carbocycles. The van der Waals surface area contributed by atoms with Gasteiger partial charge in [0, 0.05) is 0 Å². The minimum Gasteiger partial charge on any atom is -0.411 e. The first-order chi connectivity index (χ1) is 21.8. The number of terminal acetylenes is 1. The molecule has 0 amide bonds. The molecule has 1 N–H and O–H groups in total. The summed E-state index contributed by atoms with van der Waals surface area (Å²) in [5.74, 6) is 2.57. The number of hydrogen-bond acceptors (Lipinski definition) is 7. The van der Waals surface area contributed by atoms with E-state index in [4.69, 9.17) is 30.1 Å². The fourth-order valence-electron chi connectivity index (χ4n) is 4.64. The Labute approximate surface area is 260 Å². The van der Waals surface area contributed by atoms with Crippen molar-refractivity contribution in [2.75, 3.05) is 13.2 Å². The van der Waals surface area contributed by atoms with Crippen LogP contribution >= 0.6 is 0 Å². The number of rotatable bonds is 19. The van der Waals surface area contributed by atoms with Crippen LogP contribution in [0.3, 0.4) is 0 Å². The Hall–Kier alpha value is -4.29. The molecule has 0 saturated carbocycles. The summed E-state index contributed by atoms with van der Waals surface area (Å²) >= 11 is 0. The van der Waals surface area contributed by atoms with Gasteiger partial charge in [-0.15, -0.1) is 6.42 Å². The summed E-state index contributed by atoms with van der Waals surface area (Å²) in [7, 11) is 0. The Kier molecular flexibility index (Phi) is 14.1. The maximum atomic E-state index is 9.69. The molecule has 0 bridgehead atoms. The second-order valence-corrected chi connectivity index (χ2v) is 10.1. The topological polar surface area (TPSA) is 78.7 Å². The molecule has 4 aromatic rings. The van der Waals surface area contributed by atoms with Gasteiger partial charge in [0.2, 0.25) is 0 Å². The molecule has 0 aliphatic rings. The molecule has 0 spiro atoms. The zero-order valence-electron chi connectivity index (χ0n) is 24.7. The molecule has 0 fully saturated rings. The average molecular weight is 594 g/mol. The summed E-state index contributed by atoms with van der Waals surface area (Å²) in [5.41, 5.74) is 3.93. The van der Waals surface area contributed by atoms with Crippen LogP contribution in [-0.4, -0.2) is 49.1 Å². The molecule has 228 valence electrons. The first-order valence-electron chi connectivity index (χ1n) is 14.6. The Morgan fingerprint density at radius 3 is 1.52 bits per heavy atom. The maximum Gasteiger partial charge on any atom is 0.125 e. The molecule has 4 aromatic carbocycles. The van der Waals surface area contributed by atoms with Crippen LogP contribution in [0.5, 0.6) is 0 Å². The van der Waals surface area contributed by atoms with E-state index in [-0.39, 0.29) is 26.4 Å². The van der Waals surface area contributed by atoms with Crippen LogP contribution in [0.2, 0.25) is 0 Å². The van der Waals surface area contributed by atoms with Crippen LogP contribution in [0, 0.1) is 12.3 Å². The van der Waals surface area contributed by atoms with E-state index in [1.165, 1.54) is 6.21 Å². The van der Waals surface area contributed by atoms with Crippen molar-refractivity contribution in [2.24, 2.45) is 5.16 Å². The van der Waals surface area contributed by atoms with Gasteiger partial charge >= 0.3 is 0 Å². The van der Waals surface area contributed by atoms with Gasteiger partial charge in [-0.1, -0.05) is 132 Å². The zero-order valence-corrected chi connectivity index (χ0v) is 24.7. The maximum absolute atomic E-state index is 9.69. The van der Waals surface area contributed by atoms with Crippen molar-refractivity contribution in [3.8, 4) is 12.3 Å². The van der Waals surface area contributed by atoms with Crippen LogP contribution in [0.1, 0.15) is 22.3 Å². The fourth-order valence-corrected chi connectivity index (χ4v) is 4.64. The van der Waals surface area contributed by atoms with Gasteiger partial charge in [-0.25, -0.2) is 0 Å². The first-order valence-corrected chi connectivity index (χ1v) is 14.6. The predicted molar refractivity (Wildman–Crippen MR) is 170 cm³/mol. The van der Waals surface area contributed by atoms with Gasteiger partial charge in [-0.05, 0) is 22.3 Å². The molecular formula is C37H39NO6. The van der Waals surface area contributed by atoms with Crippen LogP contribution in [0.25, 0.3) is 0 Å². The number of hydrogen-bond donors (Lipinski definition) is 1. The smallest absolute Gasteiger partial charge is 0.125 e. The lowest BCUT2D eigenvalue weighted by atomic mass is 10.0. The van der Waals surface area contributed by atoms with E-state index in [1.54, 1.807) is 0 Å². The lowest BCUT2D eigenvalue weighted by Gasteiger charge is -2.36. The Balaban J connectivity index is 1.63. The molecular weight excluding hydrogens is 554 g/mol. The second kappa shape index (κ2) is 19.1. The van der Waals surface area contributed by atoms with Gasteiger partial charge in [-0.2, -0.15) is 0 Å². The van der Waals surface area contributed by atoms with Crippen molar-refractivity contribution in [3.63, 3.8) is 0 Å². The highest BCUT2D eigenvalue weighted by Crippen LogP contribution is 2.22. The summed E-state index contributed by atoms with van der Waals surface area (Å²) in [4.78, 5) is 0. The van der Waals surface area contributed by atoms with Crippen LogP contribution in [0.4, 0.5) is 0 Å². The molecule has 0 radical (unpaired) electrons. The van der Waals surface area contributed by atoms with E-state index in [1.807, 2.05) is 121 Å². The lowest BCUT2D eigenvalue weighted by molar-refractivity contribution is -0.181. The molecule has 0 saturated heterocycles. The lowest BCUT2D eigenvalue weighted by Crippen LogP contribution is -2.51. The third-order valence-corrected chi connectivity index (χ3v) is 6.86. The van der Waals surface area contributed by atoms with Crippen LogP contribution < -0.4 is 0 Å². The highest BCUT2D eigenvalue weighted by atomic mass is 16.6. The quantitative estimate of drug-likeness (QED) is 0.0584. The van der Waals surface area contributed by atoms with E-state index in [0.29, 0.717) is 13.2 Å². The van der Waals surface area contributed by atoms with E-state index in [2.05, 4.69) is 11.1 Å². The Morgan fingerprint density at radius 2 is 1.05 bits per heavy atom. The van der Waals surface area contributed by atoms with Gasteiger partial charge in [0.1, 0.15) is 31.0 Å². The Bertz CT molecular complexity index is 1380. The highest BCUT2D eigenvalue weighted by molar-refractivity contribution is 5.63. The van der Waals surface area contributed by atoms with Gasteiger partial charge in [0.25, 0.3) is 0 Å². The molecule has 0 aliphatic heterocycles. The zero-order chi connectivity index (χ0) is 30.7. The molecule has 0 unspecified atom stereocenters. The normalized spacial score (nSPS) is 14.1. The van der Waals surface area contributed by atoms with Crippen molar-refractivity contribution in [1.82, 2.24) is 0 Å². The van der Waals surface area contributed by atoms with Crippen molar-refractivity contribution in [1.29, 1.82) is 0 Å². The van der Waals surface area contributed by atoms with E-state index >= 15 is 0 Å². The highest BCUT2D eigenvalue weighted by Gasteiger charge is 2.38. The third kappa shape index (κ3) is 11.1. The SMILES string of the molecule is C#CCO[C@@H]([C@H](OCc1ccccc1)[C@H](/C=N/O)OCc1ccccc1)[C@@H](COCc1ccccc1)OCc1ccccc1. The summed E-state index contributed by atoms with van der Waals surface area (Å²) in [5, 5.41) is 13.0. The Morgan fingerprint density at radius 1 is 0.591 bits per heavy atom. The molecule has 7 nitrogen and oxygen atoms in total. The second-order valence-electron chi connectivity index (χ2n) is 10.1. The molecule has 44 heavy (non-hydrogen) atoms. The molecule has 4 atom stereocenters. The third-order valence-electron chi connectivity index (χ3n) is 6.86. The predicted octanol–water partition coefficient (Wildman–Crippen LogP) is 6.44. The van der Waals surface area contributed by atoms with Crippen LogP contribution in [0.15, 0.2) is 126 Å². The van der Waals surface area contributed by atoms with E-state index in [0.717, 1.165) is 22.3 Å². The first kappa shape index (κ1) is 32.6. The standard InChI is InChI=1S/C37H39NO6/c1-2-23-41-37(35(43-27-32-19-11-5-12-20-32)29-40-25-30-15-7-3-8-16-30)36(44-28-33-21-13-6-14-22-33)34(24-38-39)42-26-31-17-9-4-10-18-31/h1,3-22,24,34-37,39H,23,25-29H2/b38-24+/t34-,35+,36+,37+/m0/s1. The summed E-state index contributed by atoms with van der Waals surface area (Å²) < 4.78 is 31.8. The van der Waals surface area contributed by atoms with E-state index in [9.17, 15) is 5.21 Å². The summed E-state index contributed by atoms with van der Waals surface area (Å²) in [6, 6.07) is 39.3. The van der Waals surface area contributed by atoms with Crippen LogP contribution in [-0.2, 0) is 50.1 Å².